The van der Waals surface area contributed by atoms with Crippen LogP contribution in [0, 0.1) is 0 Å². The summed E-state index contributed by atoms with van der Waals surface area (Å²) >= 11 is 7.36. The molecule has 7 heteroatoms. The van der Waals surface area contributed by atoms with Crippen LogP contribution in [0.2, 0.25) is 5.02 Å². The summed E-state index contributed by atoms with van der Waals surface area (Å²) in [5.74, 6) is 1.44. The van der Waals surface area contributed by atoms with Gasteiger partial charge in [0.25, 0.3) is 0 Å². The molecule has 150 valence electrons. The first-order chi connectivity index (χ1) is 14.6. The molecule has 1 heterocycles. The van der Waals surface area contributed by atoms with Crippen LogP contribution in [0.1, 0.15) is 10.4 Å². The Morgan fingerprint density at radius 3 is 2.50 bits per heavy atom. The van der Waals surface area contributed by atoms with Gasteiger partial charge in [-0.1, -0.05) is 78.0 Å². The molecule has 0 aliphatic rings. The Morgan fingerprint density at radius 1 is 1.03 bits per heavy atom. The van der Waals surface area contributed by atoms with Gasteiger partial charge in [0, 0.05) is 10.6 Å². The molecular formula is C23H18ClN3O2S. The number of H-pyrrole nitrogens is 1. The topological polar surface area (TPSA) is 67.9 Å². The Morgan fingerprint density at radius 2 is 1.77 bits per heavy atom. The van der Waals surface area contributed by atoms with Crippen LogP contribution in [0.15, 0.2) is 78.0 Å². The number of carbonyl (C=O) groups excluding carboxylic acids is 1. The lowest BCUT2D eigenvalue weighted by atomic mass is 10.0. The van der Waals surface area contributed by atoms with Crippen molar-refractivity contribution in [2.24, 2.45) is 0 Å². The summed E-state index contributed by atoms with van der Waals surface area (Å²) in [6, 6.07) is 23.0. The highest BCUT2D eigenvalue weighted by molar-refractivity contribution is 7.99. The van der Waals surface area contributed by atoms with Crippen molar-refractivity contribution in [3.8, 4) is 28.3 Å². The molecule has 4 rings (SSSR count). The number of methoxy groups -OCH3 is 1. The molecule has 0 saturated heterocycles. The minimum atomic E-state index is 0.0197. The number of aromatic nitrogens is 3. The van der Waals surface area contributed by atoms with Crippen molar-refractivity contribution in [3.63, 3.8) is 0 Å². The predicted molar refractivity (Wildman–Crippen MR) is 120 cm³/mol. The van der Waals surface area contributed by atoms with Gasteiger partial charge in [0.1, 0.15) is 5.75 Å². The quantitative estimate of drug-likeness (QED) is 0.294. The number of nitrogens with zero attached hydrogens (tertiary/aromatic N) is 2. The average molecular weight is 436 g/mol. The summed E-state index contributed by atoms with van der Waals surface area (Å²) in [7, 11) is 1.58. The van der Waals surface area contributed by atoms with E-state index in [1.54, 1.807) is 25.3 Å². The van der Waals surface area contributed by atoms with Gasteiger partial charge >= 0.3 is 0 Å². The molecule has 30 heavy (non-hydrogen) atoms. The van der Waals surface area contributed by atoms with Gasteiger partial charge in [-0.3, -0.25) is 9.89 Å². The maximum atomic E-state index is 12.6. The van der Waals surface area contributed by atoms with E-state index in [-0.39, 0.29) is 11.5 Å². The van der Waals surface area contributed by atoms with Crippen molar-refractivity contribution in [2.45, 2.75) is 5.16 Å². The SMILES string of the molecule is COc1ccc(Cl)cc1-c1nc(SCC(=O)c2ccc(-c3ccccc3)cc2)n[nH]1. The number of halogens is 1. The summed E-state index contributed by atoms with van der Waals surface area (Å²) in [5.41, 5.74) is 3.58. The number of ketones is 1. The largest absolute Gasteiger partial charge is 0.496 e. The lowest BCUT2D eigenvalue weighted by molar-refractivity contribution is 0.102. The Bertz CT molecular complexity index is 1160. The first-order valence-electron chi connectivity index (χ1n) is 9.22. The second-order valence-corrected chi connectivity index (χ2v) is 7.85. The molecule has 0 aliphatic carbocycles. The second-order valence-electron chi connectivity index (χ2n) is 6.47. The number of thioether (sulfide) groups is 1. The minimum Gasteiger partial charge on any atom is -0.496 e. The van der Waals surface area contributed by atoms with Gasteiger partial charge in [0.2, 0.25) is 5.16 Å². The zero-order chi connectivity index (χ0) is 20.9. The number of rotatable bonds is 7. The van der Waals surface area contributed by atoms with Crippen molar-refractivity contribution in [1.29, 1.82) is 0 Å². The minimum absolute atomic E-state index is 0.0197. The van der Waals surface area contributed by atoms with Crippen LogP contribution >= 0.6 is 23.4 Å². The van der Waals surface area contributed by atoms with E-state index >= 15 is 0 Å². The fraction of sp³-hybridized carbons (Fsp3) is 0.0870. The van der Waals surface area contributed by atoms with Gasteiger partial charge in [-0.2, -0.15) is 0 Å². The van der Waals surface area contributed by atoms with Crippen molar-refractivity contribution in [1.82, 2.24) is 15.2 Å². The van der Waals surface area contributed by atoms with E-state index in [9.17, 15) is 4.79 Å². The molecular weight excluding hydrogens is 418 g/mol. The number of aromatic amines is 1. The van der Waals surface area contributed by atoms with Crippen LogP contribution in [0.25, 0.3) is 22.5 Å². The highest BCUT2D eigenvalue weighted by Crippen LogP contribution is 2.31. The number of nitrogens with one attached hydrogen (secondary N) is 1. The molecule has 0 atom stereocenters. The Hall–Kier alpha value is -3.09. The van der Waals surface area contributed by atoms with Crippen LogP contribution in [-0.2, 0) is 0 Å². The van der Waals surface area contributed by atoms with Crippen molar-refractivity contribution >= 4 is 29.1 Å². The zero-order valence-electron chi connectivity index (χ0n) is 16.1. The van der Waals surface area contributed by atoms with Crippen molar-refractivity contribution < 1.29 is 9.53 Å². The molecule has 0 aliphatic heterocycles. The molecule has 0 saturated carbocycles. The normalized spacial score (nSPS) is 10.7. The van der Waals surface area contributed by atoms with Gasteiger partial charge < -0.3 is 4.74 Å². The smallest absolute Gasteiger partial charge is 0.209 e. The number of hydrogen-bond donors (Lipinski definition) is 1. The van der Waals surface area contributed by atoms with Crippen molar-refractivity contribution in [2.75, 3.05) is 12.9 Å². The first kappa shape index (κ1) is 20.2. The van der Waals surface area contributed by atoms with Gasteiger partial charge in [0.15, 0.2) is 11.6 Å². The number of hydrogen-bond acceptors (Lipinski definition) is 5. The first-order valence-corrected chi connectivity index (χ1v) is 10.6. The molecule has 5 nitrogen and oxygen atoms in total. The molecule has 0 amide bonds. The summed E-state index contributed by atoms with van der Waals surface area (Å²) in [4.78, 5) is 17.0. The molecule has 3 aromatic carbocycles. The lowest BCUT2D eigenvalue weighted by Gasteiger charge is -2.05. The Labute approximate surface area is 183 Å². The third kappa shape index (κ3) is 4.56. The van der Waals surface area contributed by atoms with E-state index in [1.165, 1.54) is 11.8 Å². The van der Waals surface area contributed by atoms with Crippen LogP contribution in [0.3, 0.4) is 0 Å². The van der Waals surface area contributed by atoms with Crippen LogP contribution in [0.4, 0.5) is 0 Å². The molecule has 1 aromatic heterocycles. The molecule has 1 N–H and O–H groups in total. The van der Waals surface area contributed by atoms with Crippen molar-refractivity contribution in [3.05, 3.63) is 83.4 Å². The third-order valence-corrected chi connectivity index (χ3v) is 5.61. The molecule has 4 aromatic rings. The Kier molecular flexibility index (Phi) is 6.16. The summed E-state index contributed by atoms with van der Waals surface area (Å²) < 4.78 is 5.35. The van der Waals surface area contributed by atoms with Gasteiger partial charge in [-0.05, 0) is 29.3 Å². The number of benzene rings is 3. The molecule has 0 bridgehead atoms. The Balaban J connectivity index is 1.42. The average Bonchev–Trinajstić information content (AvgIpc) is 3.27. The second kappa shape index (κ2) is 9.15. The highest BCUT2D eigenvalue weighted by atomic mass is 35.5. The van der Waals surface area contributed by atoms with E-state index in [4.69, 9.17) is 16.3 Å². The fourth-order valence-corrected chi connectivity index (χ4v) is 3.85. The predicted octanol–water partition coefficient (Wildman–Crippen LogP) is 5.78. The van der Waals surface area contributed by atoms with Crippen LogP contribution < -0.4 is 4.74 Å². The highest BCUT2D eigenvalue weighted by Gasteiger charge is 2.14. The van der Waals surface area contributed by atoms with E-state index in [0.717, 1.165) is 11.1 Å². The number of ether oxygens (including phenoxy) is 1. The van der Waals surface area contributed by atoms with E-state index in [0.29, 0.717) is 32.9 Å². The summed E-state index contributed by atoms with van der Waals surface area (Å²) in [5, 5.41) is 8.14. The van der Waals surface area contributed by atoms with Gasteiger partial charge in [-0.15, -0.1) is 5.10 Å². The summed E-state index contributed by atoms with van der Waals surface area (Å²) in [6.07, 6.45) is 0. The fourth-order valence-electron chi connectivity index (χ4n) is 2.99. The molecule has 0 unspecified atom stereocenters. The number of Topliss-reactive ketones (excluding diaryl/α,β-unsaturated/α-hetero) is 1. The number of carbonyl (C=O) groups is 1. The van der Waals surface area contributed by atoms with Crippen LogP contribution in [0.5, 0.6) is 5.75 Å². The van der Waals surface area contributed by atoms with Crippen LogP contribution in [-0.4, -0.2) is 33.8 Å². The molecule has 0 radical (unpaired) electrons. The monoisotopic (exact) mass is 435 g/mol. The van der Waals surface area contributed by atoms with E-state index in [1.807, 2.05) is 54.6 Å². The van der Waals surface area contributed by atoms with Gasteiger partial charge in [0.05, 0.1) is 18.4 Å². The summed E-state index contributed by atoms with van der Waals surface area (Å²) in [6.45, 7) is 0. The van der Waals surface area contributed by atoms with Gasteiger partial charge in [-0.25, -0.2) is 4.98 Å². The standard InChI is InChI=1S/C23H18ClN3O2S/c1-29-21-12-11-18(24)13-19(21)22-25-23(27-26-22)30-14-20(28)17-9-7-16(8-10-17)15-5-3-2-4-6-15/h2-13H,14H2,1H3,(H,25,26,27). The maximum absolute atomic E-state index is 12.6. The molecule has 0 spiro atoms. The lowest BCUT2D eigenvalue weighted by Crippen LogP contribution is -2.02. The zero-order valence-corrected chi connectivity index (χ0v) is 17.7. The maximum Gasteiger partial charge on any atom is 0.209 e. The van der Waals surface area contributed by atoms with E-state index in [2.05, 4.69) is 15.2 Å². The molecule has 0 fully saturated rings. The third-order valence-electron chi connectivity index (χ3n) is 4.53. The van der Waals surface area contributed by atoms with E-state index < -0.39 is 0 Å².